The quantitative estimate of drug-likeness (QED) is 0.282. The van der Waals surface area contributed by atoms with Crippen molar-refractivity contribution in [1.82, 2.24) is 29.8 Å². The predicted molar refractivity (Wildman–Crippen MR) is 117 cm³/mol. The first kappa shape index (κ1) is 23.2. The van der Waals surface area contributed by atoms with Gasteiger partial charge in [-0.1, -0.05) is 23.4 Å². The maximum Gasteiger partial charge on any atom is 0.416 e. The summed E-state index contributed by atoms with van der Waals surface area (Å²) in [6, 6.07) is 9.36. The topological polar surface area (TPSA) is 87.7 Å². The van der Waals surface area contributed by atoms with Crippen LogP contribution in [0.3, 0.4) is 0 Å². The summed E-state index contributed by atoms with van der Waals surface area (Å²) >= 11 is 7.27. The lowest BCUT2D eigenvalue weighted by Crippen LogP contribution is -2.25. The lowest BCUT2D eigenvalue weighted by molar-refractivity contribution is -0.137. The number of hydrogen-bond donors (Lipinski definition) is 0. The summed E-state index contributed by atoms with van der Waals surface area (Å²) in [5.41, 5.74) is -0.181. The monoisotopic (exact) mass is 496 g/mol. The van der Waals surface area contributed by atoms with Crippen LogP contribution in [0.1, 0.15) is 11.4 Å². The van der Waals surface area contributed by atoms with Crippen LogP contribution in [0, 0.1) is 0 Å². The summed E-state index contributed by atoms with van der Waals surface area (Å²) in [6.07, 6.45) is -4.44. The van der Waals surface area contributed by atoms with Gasteiger partial charge >= 0.3 is 6.18 Å². The highest BCUT2D eigenvalue weighted by molar-refractivity contribution is 7.98. The van der Waals surface area contributed by atoms with Gasteiger partial charge in [0.2, 0.25) is 0 Å². The summed E-state index contributed by atoms with van der Waals surface area (Å²) in [7, 11) is 1.53. The van der Waals surface area contributed by atoms with E-state index in [9.17, 15) is 18.0 Å². The van der Waals surface area contributed by atoms with E-state index < -0.39 is 11.7 Å². The van der Waals surface area contributed by atoms with Crippen molar-refractivity contribution >= 4 is 34.3 Å². The Balaban J connectivity index is 1.64. The molecule has 0 fully saturated rings. The largest absolute Gasteiger partial charge is 0.416 e. The van der Waals surface area contributed by atoms with Crippen LogP contribution >= 0.6 is 23.4 Å². The van der Waals surface area contributed by atoms with Gasteiger partial charge < -0.3 is 4.74 Å². The van der Waals surface area contributed by atoms with E-state index in [0.717, 1.165) is 12.1 Å². The molecular formula is C20H16ClF3N6O2S. The second-order valence-electron chi connectivity index (χ2n) is 6.85. The summed E-state index contributed by atoms with van der Waals surface area (Å²) in [5.74, 6) is 0.581. The van der Waals surface area contributed by atoms with E-state index in [2.05, 4.69) is 20.5 Å². The molecule has 0 atom stereocenters. The Hall–Kier alpha value is -2.96. The molecule has 0 saturated carbocycles. The fraction of sp³-hybridized carbons (Fsp3) is 0.250. The normalized spacial score (nSPS) is 11.9. The number of rotatable bonds is 7. The third-order valence-corrected chi connectivity index (χ3v) is 5.91. The Kier molecular flexibility index (Phi) is 6.68. The van der Waals surface area contributed by atoms with Crippen LogP contribution in [-0.4, -0.2) is 43.5 Å². The standard InChI is InChI=1S/C20H16ClF3N6O2S/c1-32-9-8-29-18(31)15-7-4-13(21)10-16(15)25-19(29)33-11-17-26-27-28-30(17)14-5-2-12(3-6-14)20(22,23)24/h2-7,10H,8-9,11H2,1H3. The molecular weight excluding hydrogens is 481 g/mol. The zero-order valence-electron chi connectivity index (χ0n) is 17.1. The van der Waals surface area contributed by atoms with E-state index in [0.29, 0.717) is 39.2 Å². The van der Waals surface area contributed by atoms with Crippen molar-refractivity contribution in [2.75, 3.05) is 13.7 Å². The zero-order chi connectivity index (χ0) is 23.6. The minimum Gasteiger partial charge on any atom is -0.383 e. The lowest BCUT2D eigenvalue weighted by Gasteiger charge is -2.13. The molecule has 0 aliphatic carbocycles. The number of halogens is 4. The molecule has 4 rings (SSSR count). The summed E-state index contributed by atoms with van der Waals surface area (Å²) in [5, 5.41) is 12.8. The van der Waals surface area contributed by atoms with E-state index in [-0.39, 0.29) is 17.9 Å². The molecule has 0 saturated heterocycles. The van der Waals surface area contributed by atoms with E-state index in [1.807, 2.05) is 0 Å². The molecule has 0 spiro atoms. The first-order valence-electron chi connectivity index (χ1n) is 9.54. The molecule has 2 aromatic carbocycles. The Bertz CT molecular complexity index is 1340. The number of benzene rings is 2. The van der Waals surface area contributed by atoms with Gasteiger partial charge in [-0.2, -0.15) is 17.9 Å². The molecule has 8 nitrogen and oxygen atoms in total. The molecule has 172 valence electrons. The van der Waals surface area contributed by atoms with Crippen LogP contribution in [-0.2, 0) is 23.2 Å². The smallest absolute Gasteiger partial charge is 0.383 e. The highest BCUT2D eigenvalue weighted by atomic mass is 35.5. The minimum atomic E-state index is -4.44. The van der Waals surface area contributed by atoms with Gasteiger partial charge in [0.1, 0.15) is 0 Å². The molecule has 0 radical (unpaired) electrons. The Morgan fingerprint density at radius 1 is 1.15 bits per heavy atom. The Morgan fingerprint density at radius 2 is 1.91 bits per heavy atom. The number of thioether (sulfide) groups is 1. The number of methoxy groups -OCH3 is 1. The number of nitrogens with zero attached hydrogens (tertiary/aromatic N) is 6. The van der Waals surface area contributed by atoms with Gasteiger partial charge in [-0.3, -0.25) is 9.36 Å². The third-order valence-electron chi connectivity index (χ3n) is 4.71. The molecule has 13 heteroatoms. The zero-order valence-corrected chi connectivity index (χ0v) is 18.7. The van der Waals surface area contributed by atoms with Crippen molar-refractivity contribution in [3.63, 3.8) is 0 Å². The Labute approximate surface area is 194 Å². The predicted octanol–water partition coefficient (Wildman–Crippen LogP) is 3.98. The third kappa shape index (κ3) is 5.02. The molecule has 0 aliphatic rings. The summed E-state index contributed by atoms with van der Waals surface area (Å²) in [6.45, 7) is 0.588. The fourth-order valence-electron chi connectivity index (χ4n) is 3.08. The molecule has 0 amide bonds. The van der Waals surface area contributed by atoms with Gasteiger partial charge in [0, 0.05) is 12.1 Å². The molecule has 0 unspecified atom stereocenters. The highest BCUT2D eigenvalue weighted by Crippen LogP contribution is 2.30. The lowest BCUT2D eigenvalue weighted by atomic mass is 10.2. The van der Waals surface area contributed by atoms with Gasteiger partial charge in [0.15, 0.2) is 11.0 Å². The van der Waals surface area contributed by atoms with Crippen LogP contribution < -0.4 is 5.56 Å². The summed E-state index contributed by atoms with van der Waals surface area (Å²) < 4.78 is 46.5. The van der Waals surface area contributed by atoms with Crippen molar-refractivity contribution in [1.29, 1.82) is 0 Å². The molecule has 2 heterocycles. The van der Waals surface area contributed by atoms with E-state index in [1.165, 1.54) is 40.3 Å². The number of tetrazole rings is 1. The number of fused-ring (bicyclic) bond motifs is 1. The molecule has 4 aromatic rings. The van der Waals surface area contributed by atoms with Crippen molar-refractivity contribution in [3.8, 4) is 5.69 Å². The highest BCUT2D eigenvalue weighted by Gasteiger charge is 2.30. The minimum absolute atomic E-state index is 0.208. The summed E-state index contributed by atoms with van der Waals surface area (Å²) in [4.78, 5) is 17.6. The van der Waals surface area contributed by atoms with Gasteiger partial charge in [-0.25, -0.2) is 4.98 Å². The molecule has 2 aromatic heterocycles. The average Bonchev–Trinajstić information content (AvgIpc) is 3.25. The van der Waals surface area contributed by atoms with Gasteiger partial charge in [-0.05, 0) is 52.9 Å². The Morgan fingerprint density at radius 3 is 2.61 bits per heavy atom. The number of alkyl halides is 3. The van der Waals surface area contributed by atoms with E-state index in [1.54, 1.807) is 18.2 Å². The number of hydrogen-bond acceptors (Lipinski definition) is 7. The molecule has 0 bridgehead atoms. The second-order valence-corrected chi connectivity index (χ2v) is 8.22. The van der Waals surface area contributed by atoms with E-state index in [4.69, 9.17) is 16.3 Å². The van der Waals surface area contributed by atoms with Crippen LogP contribution in [0.2, 0.25) is 5.02 Å². The fourth-order valence-corrected chi connectivity index (χ4v) is 4.18. The molecule has 0 N–H and O–H groups in total. The SMILES string of the molecule is COCCn1c(SCc2nnnn2-c2ccc(C(F)(F)F)cc2)nc2cc(Cl)ccc2c1=O. The molecule has 33 heavy (non-hydrogen) atoms. The second kappa shape index (κ2) is 9.49. The van der Waals surface area contributed by atoms with Crippen LogP contribution in [0.4, 0.5) is 13.2 Å². The van der Waals surface area contributed by atoms with Crippen LogP contribution in [0.15, 0.2) is 52.4 Å². The van der Waals surface area contributed by atoms with Crippen LogP contribution in [0.5, 0.6) is 0 Å². The maximum atomic E-state index is 13.0. The number of aromatic nitrogens is 6. The van der Waals surface area contributed by atoms with Gasteiger partial charge in [-0.15, -0.1) is 5.10 Å². The van der Waals surface area contributed by atoms with E-state index >= 15 is 0 Å². The molecule has 0 aliphatic heterocycles. The first-order valence-corrected chi connectivity index (χ1v) is 10.9. The van der Waals surface area contributed by atoms with Crippen molar-refractivity contribution < 1.29 is 17.9 Å². The average molecular weight is 497 g/mol. The van der Waals surface area contributed by atoms with Crippen molar-refractivity contribution in [3.05, 3.63) is 69.2 Å². The van der Waals surface area contributed by atoms with Crippen LogP contribution in [0.25, 0.3) is 16.6 Å². The van der Waals surface area contributed by atoms with Crippen molar-refractivity contribution in [2.45, 2.75) is 23.6 Å². The maximum absolute atomic E-state index is 13.0. The van der Waals surface area contributed by atoms with Gasteiger partial charge in [0.25, 0.3) is 5.56 Å². The number of ether oxygens (including phenoxy) is 1. The first-order chi connectivity index (χ1) is 15.8. The van der Waals surface area contributed by atoms with Gasteiger partial charge in [0.05, 0.1) is 41.1 Å². The van der Waals surface area contributed by atoms with Crippen molar-refractivity contribution in [2.24, 2.45) is 0 Å².